The second-order valence-corrected chi connectivity index (χ2v) is 5.82. The number of thiazole rings is 1. The Balaban J connectivity index is 1.98. The number of aromatic nitrogens is 1. The molecule has 0 amide bonds. The van der Waals surface area contributed by atoms with Gasteiger partial charge in [-0.2, -0.15) is 0 Å². The van der Waals surface area contributed by atoms with E-state index < -0.39 is 0 Å². The maximum absolute atomic E-state index is 8.92. The van der Waals surface area contributed by atoms with Crippen molar-refractivity contribution in [1.82, 2.24) is 4.98 Å². The van der Waals surface area contributed by atoms with Crippen LogP contribution in [0.2, 0.25) is 0 Å². The highest BCUT2D eigenvalue weighted by molar-refractivity contribution is 7.18. The summed E-state index contributed by atoms with van der Waals surface area (Å²) in [7, 11) is 0. The van der Waals surface area contributed by atoms with E-state index in [4.69, 9.17) is 5.11 Å². The first kappa shape index (κ1) is 12.3. The van der Waals surface area contributed by atoms with E-state index in [0.29, 0.717) is 6.42 Å². The molecule has 3 aromatic rings. The summed E-state index contributed by atoms with van der Waals surface area (Å²) < 4.78 is 1.23. The molecule has 0 aliphatic heterocycles. The van der Waals surface area contributed by atoms with Crippen molar-refractivity contribution in [3.63, 3.8) is 0 Å². The fraction of sp³-hybridized carbons (Fsp3) is 0.188. The second kappa shape index (κ2) is 5.11. The van der Waals surface area contributed by atoms with E-state index in [1.807, 2.05) is 6.92 Å². The van der Waals surface area contributed by atoms with Crippen molar-refractivity contribution in [1.29, 1.82) is 0 Å². The number of hydrogen-bond donors (Lipinski definition) is 1. The molecule has 1 aromatic heterocycles. The monoisotopic (exact) mass is 269 g/mol. The van der Waals surface area contributed by atoms with E-state index in [1.165, 1.54) is 15.8 Å². The number of fused-ring (bicyclic) bond motifs is 1. The zero-order chi connectivity index (χ0) is 13.2. The van der Waals surface area contributed by atoms with Gasteiger partial charge in [-0.25, -0.2) is 4.98 Å². The van der Waals surface area contributed by atoms with Crippen molar-refractivity contribution < 1.29 is 5.11 Å². The summed E-state index contributed by atoms with van der Waals surface area (Å²) in [5.41, 5.74) is 4.61. The van der Waals surface area contributed by atoms with Gasteiger partial charge in [0.15, 0.2) is 0 Å². The minimum absolute atomic E-state index is 0.198. The van der Waals surface area contributed by atoms with Crippen LogP contribution in [0.1, 0.15) is 10.6 Å². The molecule has 0 radical (unpaired) electrons. The van der Waals surface area contributed by atoms with E-state index in [0.717, 1.165) is 16.1 Å². The summed E-state index contributed by atoms with van der Waals surface area (Å²) in [6.07, 6.45) is 0.713. The van der Waals surface area contributed by atoms with Gasteiger partial charge in [0, 0.05) is 6.61 Å². The van der Waals surface area contributed by atoms with Crippen molar-refractivity contribution in [3.8, 4) is 11.1 Å². The summed E-state index contributed by atoms with van der Waals surface area (Å²) in [5.74, 6) is 0. The standard InChI is InChI=1S/C16H15NOS/c1-11-17-15-10-14(6-7-16(15)19-11)13-4-2-12(3-5-13)8-9-18/h2-7,10,18H,8-9H2,1H3. The van der Waals surface area contributed by atoms with Gasteiger partial charge in [-0.15, -0.1) is 11.3 Å². The van der Waals surface area contributed by atoms with Crippen LogP contribution in [0.3, 0.4) is 0 Å². The lowest BCUT2D eigenvalue weighted by Gasteiger charge is -2.03. The van der Waals surface area contributed by atoms with E-state index in [-0.39, 0.29) is 6.61 Å². The SMILES string of the molecule is Cc1nc2cc(-c3ccc(CCO)cc3)ccc2s1. The molecular formula is C16H15NOS. The Labute approximate surface area is 116 Å². The maximum atomic E-state index is 8.92. The molecule has 3 rings (SSSR count). The number of rotatable bonds is 3. The topological polar surface area (TPSA) is 33.1 Å². The predicted molar refractivity (Wildman–Crippen MR) is 80.6 cm³/mol. The summed E-state index contributed by atoms with van der Waals surface area (Å²) >= 11 is 1.73. The first-order valence-corrected chi connectivity index (χ1v) is 7.15. The highest BCUT2D eigenvalue weighted by Crippen LogP contribution is 2.27. The lowest BCUT2D eigenvalue weighted by atomic mass is 10.0. The molecule has 0 fully saturated rings. The fourth-order valence-corrected chi connectivity index (χ4v) is 3.02. The Morgan fingerprint density at radius 3 is 2.53 bits per heavy atom. The smallest absolute Gasteiger partial charge is 0.0907 e. The van der Waals surface area contributed by atoms with Crippen molar-refractivity contribution in [2.45, 2.75) is 13.3 Å². The Kier molecular flexibility index (Phi) is 3.32. The van der Waals surface area contributed by atoms with Crippen LogP contribution in [-0.4, -0.2) is 16.7 Å². The Morgan fingerprint density at radius 1 is 1.05 bits per heavy atom. The van der Waals surface area contributed by atoms with Gasteiger partial charge in [-0.3, -0.25) is 0 Å². The van der Waals surface area contributed by atoms with Gasteiger partial charge in [0.25, 0.3) is 0 Å². The Bertz CT molecular complexity index is 700. The zero-order valence-corrected chi connectivity index (χ0v) is 11.6. The molecule has 2 aromatic carbocycles. The lowest BCUT2D eigenvalue weighted by molar-refractivity contribution is 0.299. The summed E-state index contributed by atoms with van der Waals surface area (Å²) in [5, 5.41) is 10.0. The average Bonchev–Trinajstić information content (AvgIpc) is 2.79. The van der Waals surface area contributed by atoms with Gasteiger partial charge in [-0.1, -0.05) is 30.3 Å². The molecule has 0 aliphatic carbocycles. The third-order valence-electron chi connectivity index (χ3n) is 3.18. The van der Waals surface area contributed by atoms with E-state index in [1.54, 1.807) is 11.3 Å². The Morgan fingerprint density at radius 2 is 1.79 bits per heavy atom. The quantitative estimate of drug-likeness (QED) is 0.784. The predicted octanol–water partition coefficient (Wildman–Crippen LogP) is 3.81. The summed E-state index contributed by atoms with van der Waals surface area (Å²) in [6, 6.07) is 14.8. The molecule has 0 saturated heterocycles. The van der Waals surface area contributed by atoms with Crippen LogP contribution >= 0.6 is 11.3 Å². The van der Waals surface area contributed by atoms with Crippen LogP contribution in [0.15, 0.2) is 42.5 Å². The summed E-state index contributed by atoms with van der Waals surface area (Å²) in [6.45, 7) is 2.23. The number of nitrogens with zero attached hydrogens (tertiary/aromatic N) is 1. The van der Waals surface area contributed by atoms with Gasteiger partial charge in [0.2, 0.25) is 0 Å². The lowest BCUT2D eigenvalue weighted by Crippen LogP contribution is -1.89. The van der Waals surface area contributed by atoms with Crippen LogP contribution in [0.5, 0.6) is 0 Å². The number of hydrogen-bond acceptors (Lipinski definition) is 3. The third kappa shape index (κ3) is 2.53. The molecule has 0 unspecified atom stereocenters. The maximum Gasteiger partial charge on any atom is 0.0907 e. The number of benzene rings is 2. The molecule has 0 bridgehead atoms. The zero-order valence-electron chi connectivity index (χ0n) is 10.8. The molecule has 0 aliphatic rings. The molecule has 96 valence electrons. The second-order valence-electron chi connectivity index (χ2n) is 4.59. The molecule has 0 atom stereocenters. The minimum Gasteiger partial charge on any atom is -0.396 e. The van der Waals surface area contributed by atoms with Crippen molar-refractivity contribution in [2.75, 3.05) is 6.61 Å². The van der Waals surface area contributed by atoms with Gasteiger partial charge in [-0.05, 0) is 42.2 Å². The fourth-order valence-electron chi connectivity index (χ4n) is 2.22. The molecule has 1 N–H and O–H groups in total. The van der Waals surface area contributed by atoms with Crippen LogP contribution < -0.4 is 0 Å². The first-order valence-electron chi connectivity index (χ1n) is 6.33. The van der Waals surface area contributed by atoms with Gasteiger partial charge in [0.1, 0.15) is 0 Å². The van der Waals surface area contributed by atoms with Crippen LogP contribution in [0, 0.1) is 6.92 Å². The van der Waals surface area contributed by atoms with Gasteiger partial charge >= 0.3 is 0 Å². The molecule has 3 heteroatoms. The molecule has 1 heterocycles. The van der Waals surface area contributed by atoms with E-state index in [9.17, 15) is 0 Å². The van der Waals surface area contributed by atoms with Crippen LogP contribution in [-0.2, 0) is 6.42 Å². The molecule has 19 heavy (non-hydrogen) atoms. The summed E-state index contributed by atoms with van der Waals surface area (Å²) in [4.78, 5) is 4.53. The number of aliphatic hydroxyl groups excluding tert-OH is 1. The molecule has 0 spiro atoms. The largest absolute Gasteiger partial charge is 0.396 e. The van der Waals surface area contributed by atoms with Gasteiger partial charge < -0.3 is 5.11 Å². The normalized spacial score (nSPS) is 11.1. The van der Waals surface area contributed by atoms with Crippen LogP contribution in [0.4, 0.5) is 0 Å². The highest BCUT2D eigenvalue weighted by atomic mass is 32.1. The first-order chi connectivity index (χ1) is 9.26. The molecule has 2 nitrogen and oxygen atoms in total. The molecular weight excluding hydrogens is 254 g/mol. The van der Waals surface area contributed by atoms with E-state index in [2.05, 4.69) is 47.4 Å². The van der Waals surface area contributed by atoms with E-state index >= 15 is 0 Å². The minimum atomic E-state index is 0.198. The average molecular weight is 269 g/mol. The number of aliphatic hydroxyl groups is 1. The molecule has 0 saturated carbocycles. The van der Waals surface area contributed by atoms with Crippen molar-refractivity contribution in [2.24, 2.45) is 0 Å². The number of aryl methyl sites for hydroxylation is 1. The van der Waals surface area contributed by atoms with Gasteiger partial charge in [0.05, 0.1) is 15.2 Å². The third-order valence-corrected chi connectivity index (χ3v) is 4.13. The van der Waals surface area contributed by atoms with Crippen LogP contribution in [0.25, 0.3) is 21.3 Å². The highest BCUT2D eigenvalue weighted by Gasteiger charge is 2.03. The van der Waals surface area contributed by atoms with Crippen molar-refractivity contribution in [3.05, 3.63) is 53.0 Å². The Hall–Kier alpha value is -1.71. The van der Waals surface area contributed by atoms with Crippen molar-refractivity contribution >= 4 is 21.6 Å².